The van der Waals surface area contributed by atoms with Crippen molar-refractivity contribution in [3.05, 3.63) is 24.9 Å². The van der Waals surface area contributed by atoms with Crippen LogP contribution in [0.15, 0.2) is 23.6 Å². The van der Waals surface area contributed by atoms with E-state index in [-0.39, 0.29) is 24.4 Å². The van der Waals surface area contributed by atoms with Crippen molar-refractivity contribution in [2.75, 3.05) is 19.6 Å². The van der Waals surface area contributed by atoms with Gasteiger partial charge < -0.3 is 14.3 Å². The molecule has 1 aromatic rings. The molecule has 7 nitrogen and oxygen atoms in total. The van der Waals surface area contributed by atoms with Crippen LogP contribution < -0.4 is 0 Å². The van der Waals surface area contributed by atoms with Crippen LogP contribution >= 0.6 is 0 Å². The Morgan fingerprint density at radius 1 is 1.50 bits per heavy atom. The molecule has 7 heteroatoms. The van der Waals surface area contributed by atoms with Gasteiger partial charge in [0, 0.05) is 13.1 Å². The molecule has 2 rings (SSSR count). The maximum atomic E-state index is 12.7. The molecule has 1 aliphatic heterocycles. The van der Waals surface area contributed by atoms with Gasteiger partial charge in [-0.2, -0.15) is 4.98 Å². The summed E-state index contributed by atoms with van der Waals surface area (Å²) in [6.07, 6.45) is 6.36. The van der Waals surface area contributed by atoms with E-state index in [2.05, 4.69) is 16.7 Å². The Labute approximate surface area is 130 Å². The van der Waals surface area contributed by atoms with Crippen LogP contribution in [0.4, 0.5) is 0 Å². The van der Waals surface area contributed by atoms with Crippen molar-refractivity contribution in [3.63, 3.8) is 0 Å². The molecule has 1 aliphatic rings. The van der Waals surface area contributed by atoms with Crippen molar-refractivity contribution >= 4 is 11.8 Å². The van der Waals surface area contributed by atoms with Crippen LogP contribution in [0.3, 0.4) is 0 Å². The largest absolute Gasteiger partial charge is 0.343 e. The zero-order valence-electron chi connectivity index (χ0n) is 12.9. The number of carbonyl (C=O) groups is 2. The van der Waals surface area contributed by atoms with E-state index in [1.807, 2.05) is 6.92 Å². The first-order chi connectivity index (χ1) is 10.7. The molecule has 0 N–H and O–H groups in total. The minimum atomic E-state index is -0.234. The average Bonchev–Trinajstić information content (AvgIpc) is 2.95. The van der Waals surface area contributed by atoms with Crippen molar-refractivity contribution < 1.29 is 14.1 Å². The summed E-state index contributed by atoms with van der Waals surface area (Å²) in [6.45, 7) is 6.48. The van der Waals surface area contributed by atoms with Gasteiger partial charge in [-0.1, -0.05) is 24.6 Å². The Kier molecular flexibility index (Phi) is 5.68. The molecule has 2 heterocycles. The van der Waals surface area contributed by atoms with Crippen LogP contribution in [0.2, 0.25) is 0 Å². The predicted octanol–water partition coefficient (Wildman–Crippen LogP) is 1.55. The Morgan fingerprint density at radius 3 is 2.95 bits per heavy atom. The molecule has 1 fully saturated rings. The molecular formula is C15H22N4O3. The third-order valence-electron chi connectivity index (χ3n) is 3.94. The molecule has 22 heavy (non-hydrogen) atoms. The van der Waals surface area contributed by atoms with E-state index in [4.69, 9.17) is 4.52 Å². The van der Waals surface area contributed by atoms with E-state index in [9.17, 15) is 9.59 Å². The highest BCUT2D eigenvalue weighted by atomic mass is 16.5. The van der Waals surface area contributed by atoms with Crippen molar-refractivity contribution in [3.8, 4) is 0 Å². The minimum absolute atomic E-state index is 0.0513. The second-order valence-electron chi connectivity index (χ2n) is 5.30. The van der Waals surface area contributed by atoms with Crippen LogP contribution in [-0.4, -0.2) is 51.4 Å². The molecule has 0 radical (unpaired) electrons. The lowest BCUT2D eigenvalue weighted by atomic mass is 10.1. The van der Waals surface area contributed by atoms with Gasteiger partial charge in [0.25, 0.3) is 0 Å². The molecule has 1 saturated heterocycles. The topological polar surface area (TPSA) is 79.5 Å². The van der Waals surface area contributed by atoms with E-state index in [0.29, 0.717) is 18.9 Å². The van der Waals surface area contributed by atoms with Crippen LogP contribution in [0.5, 0.6) is 0 Å². The highest BCUT2D eigenvalue weighted by Gasteiger charge is 2.30. The Bertz CT molecular complexity index is 515. The lowest BCUT2D eigenvalue weighted by molar-refractivity contribution is -0.140. The highest BCUT2D eigenvalue weighted by Crippen LogP contribution is 2.28. The average molecular weight is 306 g/mol. The zero-order valence-corrected chi connectivity index (χ0v) is 12.9. The molecular weight excluding hydrogens is 284 g/mol. The molecule has 1 atom stereocenters. The first-order valence-electron chi connectivity index (χ1n) is 7.64. The van der Waals surface area contributed by atoms with E-state index in [1.54, 1.807) is 4.90 Å². The van der Waals surface area contributed by atoms with Gasteiger partial charge in [0.1, 0.15) is 6.54 Å². The fourth-order valence-corrected chi connectivity index (χ4v) is 2.73. The third-order valence-corrected chi connectivity index (χ3v) is 3.94. The number of aromatic nitrogens is 2. The van der Waals surface area contributed by atoms with Gasteiger partial charge >= 0.3 is 0 Å². The van der Waals surface area contributed by atoms with Gasteiger partial charge in [0.05, 0.1) is 6.04 Å². The van der Waals surface area contributed by atoms with Gasteiger partial charge in [-0.3, -0.25) is 9.59 Å². The summed E-state index contributed by atoms with van der Waals surface area (Å²) < 4.78 is 4.82. The monoisotopic (exact) mass is 306 g/mol. The molecule has 0 bridgehead atoms. The maximum Gasteiger partial charge on any atom is 0.246 e. The number of rotatable bonds is 5. The number of nitrogens with zero attached hydrogens (tertiary/aromatic N) is 4. The fourth-order valence-electron chi connectivity index (χ4n) is 2.73. The first-order valence-corrected chi connectivity index (χ1v) is 7.64. The molecule has 0 spiro atoms. The Hall–Kier alpha value is -2.18. The first kappa shape index (κ1) is 16.2. The number of likely N-dealkylation sites (tertiary alicyclic amines) is 1. The molecule has 2 amide bonds. The number of hydrogen-bond donors (Lipinski definition) is 0. The van der Waals surface area contributed by atoms with Gasteiger partial charge in [-0.05, 0) is 25.8 Å². The van der Waals surface area contributed by atoms with Gasteiger partial charge in [-0.15, -0.1) is 0 Å². The molecule has 1 unspecified atom stereocenters. The fraction of sp³-hybridized carbons (Fsp3) is 0.600. The highest BCUT2D eigenvalue weighted by molar-refractivity contribution is 5.91. The molecule has 0 aliphatic carbocycles. The van der Waals surface area contributed by atoms with Gasteiger partial charge in [0.15, 0.2) is 5.82 Å². The Morgan fingerprint density at radius 2 is 2.32 bits per heavy atom. The summed E-state index contributed by atoms with van der Waals surface area (Å²) in [6, 6.07) is -0.175. The number of hydrogen-bond acceptors (Lipinski definition) is 5. The molecule has 120 valence electrons. The summed E-state index contributed by atoms with van der Waals surface area (Å²) in [5.41, 5.74) is 0. The zero-order chi connectivity index (χ0) is 15.9. The second kappa shape index (κ2) is 7.72. The van der Waals surface area contributed by atoms with Crippen molar-refractivity contribution in [1.29, 1.82) is 0 Å². The summed E-state index contributed by atoms with van der Waals surface area (Å²) in [5, 5.41) is 3.89. The van der Waals surface area contributed by atoms with E-state index in [1.165, 1.54) is 17.4 Å². The van der Waals surface area contributed by atoms with E-state index >= 15 is 0 Å². The molecule has 0 aromatic carbocycles. The van der Waals surface area contributed by atoms with Crippen molar-refractivity contribution in [2.45, 2.75) is 38.6 Å². The van der Waals surface area contributed by atoms with E-state index < -0.39 is 0 Å². The number of amides is 2. The maximum absolute atomic E-state index is 12.7. The second-order valence-corrected chi connectivity index (χ2v) is 5.30. The summed E-state index contributed by atoms with van der Waals surface area (Å²) in [5.74, 6) is 0.212. The van der Waals surface area contributed by atoms with E-state index in [0.717, 1.165) is 25.7 Å². The summed E-state index contributed by atoms with van der Waals surface area (Å²) in [4.78, 5) is 31.7. The summed E-state index contributed by atoms with van der Waals surface area (Å²) in [7, 11) is 0. The van der Waals surface area contributed by atoms with Crippen LogP contribution in [0.25, 0.3) is 0 Å². The number of carbonyl (C=O) groups excluding carboxylic acids is 2. The third kappa shape index (κ3) is 3.72. The van der Waals surface area contributed by atoms with Crippen LogP contribution in [0, 0.1) is 0 Å². The van der Waals surface area contributed by atoms with Gasteiger partial charge in [-0.25, -0.2) is 0 Å². The summed E-state index contributed by atoms with van der Waals surface area (Å²) >= 11 is 0. The molecule has 0 saturated carbocycles. The Balaban J connectivity index is 2.13. The van der Waals surface area contributed by atoms with Crippen LogP contribution in [0.1, 0.15) is 44.5 Å². The van der Waals surface area contributed by atoms with Crippen LogP contribution in [-0.2, 0) is 9.59 Å². The minimum Gasteiger partial charge on any atom is -0.343 e. The smallest absolute Gasteiger partial charge is 0.246 e. The van der Waals surface area contributed by atoms with Crippen molar-refractivity contribution in [1.82, 2.24) is 19.9 Å². The standard InChI is InChI=1S/C15H22N4O3/c1-3-13(20)18(4-2)10-14(21)19-9-7-5-6-8-12(19)15-16-11-22-17-15/h3,11-12H,1,4-10H2,2H3. The quantitative estimate of drug-likeness (QED) is 0.771. The SMILES string of the molecule is C=CC(=O)N(CC)CC(=O)N1CCCCCC1c1ncon1. The molecule has 1 aromatic heterocycles. The van der Waals surface area contributed by atoms with Gasteiger partial charge in [0.2, 0.25) is 18.2 Å². The lowest BCUT2D eigenvalue weighted by Crippen LogP contribution is -2.44. The van der Waals surface area contributed by atoms with Crippen molar-refractivity contribution in [2.24, 2.45) is 0 Å². The normalized spacial score (nSPS) is 18.6. The predicted molar refractivity (Wildman–Crippen MR) is 79.7 cm³/mol. The number of likely N-dealkylation sites (N-methyl/N-ethyl adjacent to an activating group) is 1. The lowest BCUT2D eigenvalue weighted by Gasteiger charge is -2.30.